The Bertz CT molecular complexity index is 812. The molecule has 1 atom stereocenters. The van der Waals surface area contributed by atoms with E-state index < -0.39 is 0 Å². The molecule has 0 saturated carbocycles. The van der Waals surface area contributed by atoms with Gasteiger partial charge in [0.1, 0.15) is 0 Å². The van der Waals surface area contributed by atoms with Gasteiger partial charge < -0.3 is 29.7 Å². The van der Waals surface area contributed by atoms with Gasteiger partial charge in [-0.3, -0.25) is 0 Å². The maximum atomic E-state index is 2.34. The Labute approximate surface area is 187 Å². The van der Waals surface area contributed by atoms with Crippen molar-refractivity contribution < 1.29 is 42.2 Å². The molecule has 0 fully saturated rings. The quantitative estimate of drug-likeness (QED) is 0.652. The fraction of sp³-hybridized carbons (Fsp3) is 0.304. The molecule has 0 saturated heterocycles. The van der Waals surface area contributed by atoms with Crippen molar-refractivity contribution in [2.45, 2.75) is 34.2 Å². The molecule has 0 aromatic heterocycles. The van der Waals surface area contributed by atoms with Crippen molar-refractivity contribution in [3.05, 3.63) is 82.4 Å². The number of hydrogen-bond acceptors (Lipinski definition) is 1. The summed E-state index contributed by atoms with van der Waals surface area (Å²) < 4.78 is 0. The molecule has 0 aliphatic heterocycles. The van der Waals surface area contributed by atoms with E-state index in [4.69, 9.17) is 0 Å². The molecule has 27 heavy (non-hydrogen) atoms. The van der Waals surface area contributed by atoms with Gasteiger partial charge in [-0.05, 0) is 60.8 Å². The third-order valence-corrected chi connectivity index (χ3v) is 5.55. The van der Waals surface area contributed by atoms with Crippen molar-refractivity contribution in [2.75, 3.05) is 11.9 Å². The van der Waals surface area contributed by atoms with Crippen LogP contribution in [0.5, 0.6) is 0 Å². The summed E-state index contributed by atoms with van der Waals surface area (Å²) in [5.41, 5.74) is 9.98. The molecule has 0 spiro atoms. The Morgan fingerprint density at radius 2 is 1.37 bits per heavy atom. The van der Waals surface area contributed by atoms with Crippen LogP contribution in [-0.4, -0.2) is 7.05 Å². The van der Waals surface area contributed by atoms with Crippen LogP contribution in [0.4, 0.5) is 5.69 Å². The Balaban J connectivity index is 0.00000225. The van der Waals surface area contributed by atoms with E-state index in [1.165, 1.54) is 39.1 Å². The predicted molar refractivity (Wildman–Crippen MR) is 105 cm³/mol. The molecule has 3 rings (SSSR count). The number of allylic oxidation sites excluding steroid dienone is 4. The van der Waals surface area contributed by atoms with E-state index in [1.807, 2.05) is 0 Å². The summed E-state index contributed by atoms with van der Waals surface area (Å²) in [6, 6.07) is 19.5. The van der Waals surface area contributed by atoms with E-state index in [2.05, 4.69) is 94.2 Å². The summed E-state index contributed by atoms with van der Waals surface area (Å²) >= 11 is 0. The molecule has 4 heteroatoms. The molecule has 0 amide bonds. The van der Waals surface area contributed by atoms with E-state index in [0.29, 0.717) is 5.92 Å². The average molecular weight is 440 g/mol. The van der Waals surface area contributed by atoms with Gasteiger partial charge in [-0.25, -0.2) is 0 Å². The predicted octanol–water partition coefficient (Wildman–Crippen LogP) is 0.0881. The second-order valence-electron chi connectivity index (χ2n) is 6.92. The zero-order chi connectivity index (χ0) is 17.3. The number of rotatable bonds is 4. The Kier molecular flexibility index (Phi) is 10.5. The summed E-state index contributed by atoms with van der Waals surface area (Å²) in [7, 11) is 2.17. The van der Waals surface area contributed by atoms with Crippen LogP contribution in [0.15, 0.2) is 71.3 Å². The third kappa shape index (κ3) is 5.21. The number of hydrogen-bond donors (Lipinski definition) is 0. The first-order valence-corrected chi connectivity index (χ1v) is 8.73. The number of benzene rings is 2. The van der Waals surface area contributed by atoms with Crippen LogP contribution in [0, 0.1) is 5.92 Å². The first-order valence-electron chi connectivity index (χ1n) is 8.73. The minimum Gasteiger partial charge on any atom is -1.00 e. The standard InChI is InChI=1S/C23H27N.2ClH.Cr/c1-16-17(2)19(4)23(18(16)3)22-14-10-9-11-20(22)15-24(5)21-12-7-6-8-13-21;;;/h6-14,18H,15H2,1-5H3;2*1H;/q;;;+2/p-2. The minimum absolute atomic E-state index is 0. The third-order valence-electron chi connectivity index (χ3n) is 5.55. The molecule has 1 aliphatic carbocycles. The van der Waals surface area contributed by atoms with Crippen molar-refractivity contribution in [3.8, 4) is 0 Å². The zero-order valence-electron chi connectivity index (χ0n) is 16.6. The van der Waals surface area contributed by atoms with E-state index >= 15 is 0 Å². The van der Waals surface area contributed by atoms with Crippen LogP contribution in [0.1, 0.15) is 38.8 Å². The molecule has 0 radical (unpaired) electrons. The number of anilines is 1. The van der Waals surface area contributed by atoms with Gasteiger partial charge in [0, 0.05) is 25.2 Å². The van der Waals surface area contributed by atoms with Crippen LogP contribution < -0.4 is 29.7 Å². The summed E-state index contributed by atoms with van der Waals surface area (Å²) in [5, 5.41) is 0. The second-order valence-corrected chi connectivity index (χ2v) is 6.92. The van der Waals surface area contributed by atoms with Gasteiger partial charge in [0.05, 0.1) is 0 Å². The molecule has 2 aromatic carbocycles. The monoisotopic (exact) mass is 439 g/mol. The van der Waals surface area contributed by atoms with Gasteiger partial charge in [-0.2, -0.15) is 0 Å². The SMILES string of the molecule is CC1=C(C)C(C)C(c2ccccc2CN(C)c2ccccc2)=C1C.[Cl-].[Cl-].[Cr+2]. The van der Waals surface area contributed by atoms with Crippen molar-refractivity contribution >= 4 is 11.3 Å². The number of nitrogens with zero attached hydrogens (tertiary/aromatic N) is 1. The molecule has 1 nitrogen and oxygen atoms in total. The Morgan fingerprint density at radius 1 is 0.815 bits per heavy atom. The average Bonchev–Trinajstić information content (AvgIpc) is 2.80. The topological polar surface area (TPSA) is 3.24 Å². The van der Waals surface area contributed by atoms with Crippen molar-refractivity contribution in [2.24, 2.45) is 5.92 Å². The molecule has 1 unspecified atom stereocenters. The fourth-order valence-electron chi connectivity index (χ4n) is 3.75. The maximum Gasteiger partial charge on any atom is 2.00 e. The number of para-hydroxylation sites is 1. The summed E-state index contributed by atoms with van der Waals surface area (Å²) in [6.45, 7) is 10.1. The van der Waals surface area contributed by atoms with Crippen LogP contribution in [0.3, 0.4) is 0 Å². The molecule has 0 heterocycles. The summed E-state index contributed by atoms with van der Waals surface area (Å²) in [5.74, 6) is 0.508. The van der Waals surface area contributed by atoms with Gasteiger partial charge in [0.2, 0.25) is 0 Å². The first kappa shape index (κ1) is 25.8. The molecular weight excluding hydrogens is 413 g/mol. The van der Waals surface area contributed by atoms with E-state index in [1.54, 1.807) is 0 Å². The Morgan fingerprint density at radius 3 is 1.93 bits per heavy atom. The Hall–Kier alpha value is -1.17. The first-order chi connectivity index (χ1) is 11.5. The normalized spacial score (nSPS) is 15.7. The van der Waals surface area contributed by atoms with E-state index in [0.717, 1.165) is 6.54 Å². The molecule has 144 valence electrons. The number of halogens is 2. The molecular formula is C23H27Cl2CrN. The van der Waals surface area contributed by atoms with Crippen molar-refractivity contribution in [1.29, 1.82) is 0 Å². The van der Waals surface area contributed by atoms with Crippen molar-refractivity contribution in [3.63, 3.8) is 0 Å². The van der Waals surface area contributed by atoms with E-state index in [-0.39, 0.29) is 42.2 Å². The van der Waals surface area contributed by atoms with E-state index in [9.17, 15) is 0 Å². The zero-order valence-corrected chi connectivity index (χ0v) is 19.4. The minimum atomic E-state index is 0. The van der Waals surface area contributed by atoms with Gasteiger partial charge in [-0.15, -0.1) is 0 Å². The second kappa shape index (κ2) is 11.0. The smallest absolute Gasteiger partial charge is 1.00 e. The molecule has 0 N–H and O–H groups in total. The van der Waals surface area contributed by atoms with Gasteiger partial charge in [-0.1, -0.05) is 55.0 Å². The largest absolute Gasteiger partial charge is 2.00 e. The van der Waals surface area contributed by atoms with Crippen LogP contribution in [-0.2, 0) is 23.9 Å². The van der Waals surface area contributed by atoms with Crippen LogP contribution in [0.2, 0.25) is 0 Å². The summed E-state index contributed by atoms with van der Waals surface area (Å²) in [4.78, 5) is 2.32. The molecule has 2 aromatic rings. The van der Waals surface area contributed by atoms with Crippen LogP contribution in [0.25, 0.3) is 5.57 Å². The molecule has 0 bridgehead atoms. The molecule has 1 aliphatic rings. The van der Waals surface area contributed by atoms with Gasteiger partial charge in [0.25, 0.3) is 0 Å². The van der Waals surface area contributed by atoms with Crippen molar-refractivity contribution in [1.82, 2.24) is 0 Å². The van der Waals surface area contributed by atoms with Crippen LogP contribution >= 0.6 is 0 Å². The van der Waals surface area contributed by atoms with Gasteiger partial charge in [0.15, 0.2) is 0 Å². The maximum absolute atomic E-state index is 2.34. The van der Waals surface area contributed by atoms with Gasteiger partial charge >= 0.3 is 17.4 Å². The summed E-state index contributed by atoms with van der Waals surface area (Å²) in [6.07, 6.45) is 0. The fourth-order valence-corrected chi connectivity index (χ4v) is 3.75.